The molecule has 1 heterocycles. The molecular formula is C15H24N2OS. The van der Waals surface area contributed by atoms with Crippen molar-refractivity contribution in [3.8, 4) is 0 Å². The van der Waals surface area contributed by atoms with Crippen LogP contribution in [-0.4, -0.2) is 22.2 Å². The van der Waals surface area contributed by atoms with E-state index >= 15 is 0 Å². The van der Waals surface area contributed by atoms with Crippen molar-refractivity contribution in [3.63, 3.8) is 0 Å². The number of rotatable bonds is 5. The lowest BCUT2D eigenvalue weighted by Crippen LogP contribution is -2.39. The van der Waals surface area contributed by atoms with Gasteiger partial charge in [-0.2, -0.15) is 0 Å². The van der Waals surface area contributed by atoms with Gasteiger partial charge in [0.05, 0.1) is 10.6 Å². The SMILES string of the molecule is OC1(CNCc2cnc(C3CC3)s2)CCCCCC1. The van der Waals surface area contributed by atoms with Crippen molar-refractivity contribution in [2.75, 3.05) is 6.54 Å². The van der Waals surface area contributed by atoms with E-state index in [0.717, 1.165) is 31.8 Å². The summed E-state index contributed by atoms with van der Waals surface area (Å²) in [4.78, 5) is 5.80. The van der Waals surface area contributed by atoms with Crippen LogP contribution < -0.4 is 5.32 Å². The summed E-state index contributed by atoms with van der Waals surface area (Å²) in [6, 6.07) is 0. The number of thiazole rings is 1. The zero-order valence-electron chi connectivity index (χ0n) is 11.5. The minimum atomic E-state index is -0.472. The van der Waals surface area contributed by atoms with E-state index in [9.17, 15) is 5.11 Å². The Morgan fingerprint density at radius 1 is 1.26 bits per heavy atom. The van der Waals surface area contributed by atoms with Crippen LogP contribution in [0.1, 0.15) is 67.2 Å². The molecule has 0 aromatic carbocycles. The molecule has 0 aliphatic heterocycles. The molecule has 3 nitrogen and oxygen atoms in total. The van der Waals surface area contributed by atoms with Gasteiger partial charge in [-0.25, -0.2) is 4.98 Å². The Morgan fingerprint density at radius 2 is 2.00 bits per heavy atom. The third kappa shape index (κ3) is 3.77. The van der Waals surface area contributed by atoms with Gasteiger partial charge in [0.1, 0.15) is 0 Å². The summed E-state index contributed by atoms with van der Waals surface area (Å²) in [5.41, 5.74) is -0.472. The first-order chi connectivity index (χ1) is 9.25. The minimum absolute atomic E-state index is 0.472. The third-order valence-electron chi connectivity index (χ3n) is 4.29. The maximum absolute atomic E-state index is 10.6. The van der Waals surface area contributed by atoms with Crippen molar-refractivity contribution in [2.45, 2.75) is 69.4 Å². The second-order valence-electron chi connectivity index (χ2n) is 6.18. The van der Waals surface area contributed by atoms with Gasteiger partial charge in [-0.3, -0.25) is 0 Å². The summed E-state index contributed by atoms with van der Waals surface area (Å²) < 4.78 is 0. The Bertz CT molecular complexity index is 406. The number of nitrogens with zero attached hydrogens (tertiary/aromatic N) is 1. The van der Waals surface area contributed by atoms with Crippen LogP contribution in [0, 0.1) is 0 Å². The van der Waals surface area contributed by atoms with Gasteiger partial charge in [-0.1, -0.05) is 25.7 Å². The molecule has 0 saturated heterocycles. The highest BCUT2D eigenvalue weighted by atomic mass is 32.1. The molecule has 3 rings (SSSR count). The van der Waals surface area contributed by atoms with E-state index in [2.05, 4.69) is 10.3 Å². The van der Waals surface area contributed by atoms with E-state index in [1.54, 1.807) is 0 Å². The maximum atomic E-state index is 10.6. The van der Waals surface area contributed by atoms with E-state index < -0.39 is 5.60 Å². The van der Waals surface area contributed by atoms with Crippen molar-refractivity contribution in [2.24, 2.45) is 0 Å². The predicted molar refractivity (Wildman–Crippen MR) is 78.4 cm³/mol. The first-order valence-corrected chi connectivity index (χ1v) is 8.45. The lowest BCUT2D eigenvalue weighted by atomic mass is 9.94. The van der Waals surface area contributed by atoms with Crippen LogP contribution in [-0.2, 0) is 6.54 Å². The van der Waals surface area contributed by atoms with Crippen LogP contribution in [0.5, 0.6) is 0 Å². The van der Waals surface area contributed by atoms with Gasteiger partial charge in [-0.15, -0.1) is 11.3 Å². The number of hydrogen-bond donors (Lipinski definition) is 2. The fourth-order valence-electron chi connectivity index (χ4n) is 2.91. The van der Waals surface area contributed by atoms with Crippen LogP contribution in [0.2, 0.25) is 0 Å². The molecule has 1 aromatic heterocycles. The topological polar surface area (TPSA) is 45.1 Å². The van der Waals surface area contributed by atoms with Crippen LogP contribution in [0.15, 0.2) is 6.20 Å². The van der Waals surface area contributed by atoms with Gasteiger partial charge in [0.15, 0.2) is 0 Å². The molecule has 0 bridgehead atoms. The van der Waals surface area contributed by atoms with Crippen molar-refractivity contribution in [3.05, 3.63) is 16.1 Å². The van der Waals surface area contributed by atoms with E-state index in [-0.39, 0.29) is 0 Å². The van der Waals surface area contributed by atoms with Crippen molar-refractivity contribution < 1.29 is 5.11 Å². The zero-order chi connectivity index (χ0) is 13.1. The number of nitrogens with one attached hydrogen (secondary N) is 1. The minimum Gasteiger partial charge on any atom is -0.389 e. The Kier molecular flexibility index (Phi) is 4.20. The van der Waals surface area contributed by atoms with E-state index in [1.165, 1.54) is 48.4 Å². The van der Waals surface area contributed by atoms with E-state index in [1.807, 2.05) is 17.5 Å². The van der Waals surface area contributed by atoms with Gasteiger partial charge in [-0.05, 0) is 25.7 Å². The molecule has 0 radical (unpaired) electrons. The van der Waals surface area contributed by atoms with Crippen molar-refractivity contribution in [1.29, 1.82) is 0 Å². The van der Waals surface area contributed by atoms with Crippen LogP contribution in [0.3, 0.4) is 0 Å². The molecule has 4 heteroatoms. The molecule has 0 spiro atoms. The molecule has 2 saturated carbocycles. The number of aliphatic hydroxyl groups is 1. The lowest BCUT2D eigenvalue weighted by molar-refractivity contribution is 0.0251. The summed E-state index contributed by atoms with van der Waals surface area (Å²) >= 11 is 1.84. The molecule has 0 atom stereocenters. The summed E-state index contributed by atoms with van der Waals surface area (Å²) in [7, 11) is 0. The molecule has 2 aliphatic rings. The molecule has 106 valence electrons. The normalized spacial score (nSPS) is 23.2. The van der Waals surface area contributed by atoms with Gasteiger partial charge in [0.2, 0.25) is 0 Å². The summed E-state index contributed by atoms with van der Waals surface area (Å²) in [5, 5.41) is 15.3. The fourth-order valence-corrected chi connectivity index (χ4v) is 3.96. The second kappa shape index (κ2) is 5.90. The zero-order valence-corrected chi connectivity index (χ0v) is 12.3. The maximum Gasteiger partial charge on any atom is 0.0959 e. The largest absolute Gasteiger partial charge is 0.389 e. The van der Waals surface area contributed by atoms with Crippen molar-refractivity contribution >= 4 is 11.3 Å². The standard InChI is InChI=1S/C15H24N2OS/c18-15(7-3-1-2-4-8-15)11-16-9-13-10-17-14(19-13)12-5-6-12/h10,12,16,18H,1-9,11H2. The Hall–Kier alpha value is -0.450. The smallest absolute Gasteiger partial charge is 0.0959 e. The molecule has 2 N–H and O–H groups in total. The average molecular weight is 280 g/mol. The molecule has 2 aliphatic carbocycles. The Morgan fingerprint density at radius 3 is 2.68 bits per heavy atom. The van der Waals surface area contributed by atoms with Gasteiger partial charge < -0.3 is 10.4 Å². The fraction of sp³-hybridized carbons (Fsp3) is 0.800. The first kappa shape index (κ1) is 13.5. The van der Waals surface area contributed by atoms with E-state index in [0.29, 0.717) is 0 Å². The Balaban J connectivity index is 1.45. The molecule has 0 unspecified atom stereocenters. The Labute approximate surface area is 119 Å². The van der Waals surface area contributed by atoms with Gasteiger partial charge in [0.25, 0.3) is 0 Å². The molecule has 1 aromatic rings. The molecule has 0 amide bonds. The van der Waals surface area contributed by atoms with Crippen LogP contribution >= 0.6 is 11.3 Å². The highest BCUT2D eigenvalue weighted by Gasteiger charge is 2.28. The monoisotopic (exact) mass is 280 g/mol. The van der Waals surface area contributed by atoms with Crippen LogP contribution in [0.25, 0.3) is 0 Å². The lowest BCUT2D eigenvalue weighted by Gasteiger charge is -2.26. The first-order valence-electron chi connectivity index (χ1n) is 7.63. The predicted octanol–water partition coefficient (Wildman–Crippen LogP) is 3.20. The highest BCUT2D eigenvalue weighted by molar-refractivity contribution is 7.11. The molecule has 19 heavy (non-hydrogen) atoms. The average Bonchev–Trinajstić information content (AvgIpc) is 3.17. The quantitative estimate of drug-likeness (QED) is 0.814. The van der Waals surface area contributed by atoms with Gasteiger partial charge in [0, 0.05) is 30.1 Å². The number of hydrogen-bond acceptors (Lipinski definition) is 4. The van der Waals surface area contributed by atoms with Gasteiger partial charge >= 0.3 is 0 Å². The highest BCUT2D eigenvalue weighted by Crippen LogP contribution is 2.41. The third-order valence-corrected chi connectivity index (χ3v) is 5.45. The summed E-state index contributed by atoms with van der Waals surface area (Å²) in [6.45, 7) is 1.58. The molecule has 2 fully saturated rings. The number of aromatic nitrogens is 1. The second-order valence-corrected chi connectivity index (χ2v) is 7.33. The van der Waals surface area contributed by atoms with Crippen molar-refractivity contribution in [1.82, 2.24) is 10.3 Å². The van der Waals surface area contributed by atoms with E-state index in [4.69, 9.17) is 0 Å². The summed E-state index contributed by atoms with van der Waals surface area (Å²) in [6.07, 6.45) is 11.5. The van der Waals surface area contributed by atoms with Crippen LogP contribution in [0.4, 0.5) is 0 Å². The summed E-state index contributed by atoms with van der Waals surface area (Å²) in [5.74, 6) is 0.754. The molecular weight excluding hydrogens is 256 g/mol.